The van der Waals surface area contributed by atoms with E-state index in [1.165, 1.54) is 5.56 Å². The summed E-state index contributed by atoms with van der Waals surface area (Å²) in [6, 6.07) is 8.04. The fourth-order valence-corrected chi connectivity index (χ4v) is 2.54. The number of nitrogens with one attached hydrogen (secondary N) is 1. The third-order valence-electron chi connectivity index (χ3n) is 4.10. The van der Waals surface area contributed by atoms with Crippen molar-refractivity contribution in [2.75, 3.05) is 39.8 Å². The Hall–Kier alpha value is -0.850. The molecular weight excluding hydrogens is 347 g/mol. The molecule has 1 heterocycles. The normalized spacial score (nSPS) is 16.6. The minimum Gasteiger partial charge on any atom is -0.352 e. The molecule has 0 aliphatic carbocycles. The number of benzene rings is 1. The summed E-state index contributed by atoms with van der Waals surface area (Å²) in [5.41, 5.74) is 7.65. The molecule has 138 valence electrons. The lowest BCUT2D eigenvalue weighted by atomic mass is 10.1. The zero-order valence-corrected chi connectivity index (χ0v) is 16.2. The summed E-state index contributed by atoms with van der Waals surface area (Å²) in [6.07, 6.45) is 0.799. The van der Waals surface area contributed by atoms with Crippen LogP contribution >= 0.6 is 24.8 Å². The van der Waals surface area contributed by atoms with E-state index >= 15 is 0 Å². The minimum atomic E-state index is -0.0215. The van der Waals surface area contributed by atoms with Crippen molar-refractivity contribution >= 4 is 30.7 Å². The maximum absolute atomic E-state index is 12.0. The number of carbonyl (C=O) groups excluding carboxylic acids is 1. The van der Waals surface area contributed by atoms with Crippen LogP contribution in [0.1, 0.15) is 29.3 Å². The molecule has 0 bridgehead atoms. The summed E-state index contributed by atoms with van der Waals surface area (Å²) in [6.45, 7) is 7.99. The smallest absolute Gasteiger partial charge is 0.251 e. The summed E-state index contributed by atoms with van der Waals surface area (Å²) in [5, 5.41) is 2.90. The second-order valence-corrected chi connectivity index (χ2v) is 6.30. The maximum atomic E-state index is 12.0. The van der Waals surface area contributed by atoms with Crippen molar-refractivity contribution in [1.29, 1.82) is 0 Å². The molecule has 2 rings (SSSR count). The van der Waals surface area contributed by atoms with Gasteiger partial charge in [0.1, 0.15) is 0 Å². The van der Waals surface area contributed by atoms with Crippen LogP contribution in [0.5, 0.6) is 0 Å². The van der Waals surface area contributed by atoms with E-state index in [9.17, 15) is 4.79 Å². The molecule has 0 spiro atoms. The van der Waals surface area contributed by atoms with Crippen LogP contribution in [0.2, 0.25) is 0 Å². The third-order valence-corrected chi connectivity index (χ3v) is 4.10. The molecule has 1 atom stereocenters. The molecule has 1 unspecified atom stereocenters. The SMILES string of the molecule is CC(N)CCNC(=O)c1ccc(CN2CCN(C)CC2)cc1.Cl.Cl. The summed E-state index contributed by atoms with van der Waals surface area (Å²) in [4.78, 5) is 16.8. The minimum absolute atomic E-state index is 0. The zero-order valence-electron chi connectivity index (χ0n) is 14.5. The average Bonchev–Trinajstić information content (AvgIpc) is 2.50. The van der Waals surface area contributed by atoms with Crippen molar-refractivity contribution in [2.24, 2.45) is 5.73 Å². The van der Waals surface area contributed by atoms with Crippen molar-refractivity contribution in [3.63, 3.8) is 0 Å². The predicted octanol–water partition coefficient (Wildman–Crippen LogP) is 1.74. The fourth-order valence-electron chi connectivity index (χ4n) is 2.54. The Bertz CT molecular complexity index is 474. The van der Waals surface area contributed by atoms with E-state index in [1.807, 2.05) is 19.1 Å². The standard InChI is InChI=1S/C17H28N4O.2ClH/c1-14(18)7-8-19-17(22)16-5-3-15(4-6-16)13-21-11-9-20(2)10-12-21;;/h3-6,14H,7-13,18H2,1-2H3,(H,19,22);2*1H. The van der Waals surface area contributed by atoms with Gasteiger partial charge in [0.15, 0.2) is 0 Å². The number of likely N-dealkylation sites (N-methyl/N-ethyl adjacent to an activating group) is 1. The molecule has 1 fully saturated rings. The van der Waals surface area contributed by atoms with Crippen molar-refractivity contribution in [3.05, 3.63) is 35.4 Å². The molecule has 1 aliphatic rings. The summed E-state index contributed by atoms with van der Waals surface area (Å²) in [7, 11) is 2.16. The molecule has 0 saturated carbocycles. The molecular formula is C17H30Cl2N4O. The maximum Gasteiger partial charge on any atom is 0.251 e. The molecule has 1 aliphatic heterocycles. The van der Waals surface area contributed by atoms with Gasteiger partial charge >= 0.3 is 0 Å². The topological polar surface area (TPSA) is 61.6 Å². The molecule has 7 heteroatoms. The van der Waals surface area contributed by atoms with Crippen LogP contribution in [0.4, 0.5) is 0 Å². The van der Waals surface area contributed by atoms with Gasteiger partial charge in [-0.2, -0.15) is 0 Å². The Balaban J connectivity index is 0.00000264. The van der Waals surface area contributed by atoms with E-state index in [1.54, 1.807) is 0 Å². The first-order valence-corrected chi connectivity index (χ1v) is 8.08. The van der Waals surface area contributed by atoms with Gasteiger partial charge in [-0.05, 0) is 38.1 Å². The molecule has 5 nitrogen and oxygen atoms in total. The van der Waals surface area contributed by atoms with E-state index in [0.29, 0.717) is 12.1 Å². The number of hydrogen-bond donors (Lipinski definition) is 2. The van der Waals surface area contributed by atoms with Gasteiger partial charge in [-0.25, -0.2) is 0 Å². The van der Waals surface area contributed by atoms with Crippen molar-refractivity contribution in [2.45, 2.75) is 25.9 Å². The van der Waals surface area contributed by atoms with E-state index < -0.39 is 0 Å². The van der Waals surface area contributed by atoms with Gasteiger partial charge in [0.25, 0.3) is 5.91 Å². The molecule has 3 N–H and O–H groups in total. The quantitative estimate of drug-likeness (QED) is 0.793. The Kier molecular flexibility index (Phi) is 11.2. The molecule has 0 aromatic heterocycles. The monoisotopic (exact) mass is 376 g/mol. The summed E-state index contributed by atoms with van der Waals surface area (Å²) in [5.74, 6) is -0.0215. The largest absolute Gasteiger partial charge is 0.352 e. The lowest BCUT2D eigenvalue weighted by Crippen LogP contribution is -2.43. The van der Waals surface area contributed by atoms with Crippen molar-refractivity contribution < 1.29 is 4.79 Å². The second kappa shape index (κ2) is 11.7. The van der Waals surface area contributed by atoms with Gasteiger partial charge in [-0.1, -0.05) is 12.1 Å². The van der Waals surface area contributed by atoms with Crippen LogP contribution in [0.25, 0.3) is 0 Å². The third kappa shape index (κ3) is 7.81. The van der Waals surface area contributed by atoms with E-state index in [2.05, 4.69) is 34.3 Å². The van der Waals surface area contributed by atoms with Gasteiger partial charge < -0.3 is 16.0 Å². The Morgan fingerprint density at radius 2 is 1.75 bits per heavy atom. The number of carbonyl (C=O) groups is 1. The van der Waals surface area contributed by atoms with E-state index in [0.717, 1.165) is 39.1 Å². The highest BCUT2D eigenvalue weighted by molar-refractivity contribution is 5.94. The highest BCUT2D eigenvalue weighted by atomic mass is 35.5. The van der Waals surface area contributed by atoms with E-state index in [4.69, 9.17) is 5.73 Å². The summed E-state index contributed by atoms with van der Waals surface area (Å²) >= 11 is 0. The molecule has 1 amide bonds. The molecule has 0 radical (unpaired) electrons. The number of rotatable bonds is 6. The van der Waals surface area contributed by atoms with Crippen LogP contribution in [0.15, 0.2) is 24.3 Å². The van der Waals surface area contributed by atoms with Crippen molar-refractivity contribution in [1.82, 2.24) is 15.1 Å². The highest BCUT2D eigenvalue weighted by Crippen LogP contribution is 2.09. The zero-order chi connectivity index (χ0) is 15.9. The number of nitrogens with two attached hydrogens (primary N) is 1. The average molecular weight is 377 g/mol. The van der Waals surface area contributed by atoms with Gasteiger partial charge in [0, 0.05) is 50.9 Å². The lowest BCUT2D eigenvalue weighted by Gasteiger charge is -2.32. The van der Waals surface area contributed by atoms with Crippen LogP contribution in [0.3, 0.4) is 0 Å². The van der Waals surface area contributed by atoms with Crippen LogP contribution in [-0.4, -0.2) is 61.5 Å². The fraction of sp³-hybridized carbons (Fsp3) is 0.588. The van der Waals surface area contributed by atoms with Gasteiger partial charge in [-0.15, -0.1) is 24.8 Å². The Labute approximate surface area is 157 Å². The van der Waals surface area contributed by atoms with Crippen molar-refractivity contribution in [3.8, 4) is 0 Å². The first-order valence-electron chi connectivity index (χ1n) is 8.08. The van der Waals surface area contributed by atoms with Gasteiger partial charge in [0.2, 0.25) is 0 Å². The first-order chi connectivity index (χ1) is 10.5. The second-order valence-electron chi connectivity index (χ2n) is 6.30. The number of piperazine rings is 1. The Morgan fingerprint density at radius 3 is 2.29 bits per heavy atom. The van der Waals surface area contributed by atoms with Crippen LogP contribution < -0.4 is 11.1 Å². The molecule has 1 aromatic carbocycles. The number of halogens is 2. The van der Waals surface area contributed by atoms with Gasteiger partial charge in [-0.3, -0.25) is 9.69 Å². The first kappa shape index (κ1) is 23.1. The summed E-state index contributed by atoms with van der Waals surface area (Å²) < 4.78 is 0. The van der Waals surface area contributed by atoms with Gasteiger partial charge in [0.05, 0.1) is 0 Å². The molecule has 24 heavy (non-hydrogen) atoms. The molecule has 1 aromatic rings. The lowest BCUT2D eigenvalue weighted by molar-refractivity contribution is 0.0952. The van der Waals surface area contributed by atoms with Crippen LogP contribution in [0, 0.1) is 0 Å². The van der Waals surface area contributed by atoms with Crippen LogP contribution in [-0.2, 0) is 6.54 Å². The Morgan fingerprint density at radius 1 is 1.17 bits per heavy atom. The number of hydrogen-bond acceptors (Lipinski definition) is 4. The number of amides is 1. The molecule has 1 saturated heterocycles. The highest BCUT2D eigenvalue weighted by Gasteiger charge is 2.14. The number of nitrogens with zero attached hydrogens (tertiary/aromatic N) is 2. The predicted molar refractivity (Wildman–Crippen MR) is 104 cm³/mol. The van der Waals surface area contributed by atoms with E-state index in [-0.39, 0.29) is 36.8 Å².